The third-order valence-corrected chi connectivity index (χ3v) is 4.36. The van der Waals surface area contributed by atoms with E-state index in [2.05, 4.69) is 4.90 Å². The van der Waals surface area contributed by atoms with Crippen molar-refractivity contribution in [1.29, 1.82) is 0 Å². The van der Waals surface area contributed by atoms with Crippen LogP contribution >= 0.6 is 11.3 Å². The molecule has 1 saturated heterocycles. The predicted molar refractivity (Wildman–Crippen MR) is 78.1 cm³/mol. The van der Waals surface area contributed by atoms with Gasteiger partial charge in [-0.05, 0) is 30.8 Å². The number of nitrogens with zero attached hydrogens (tertiary/aromatic N) is 2. The fraction of sp³-hybridized carbons (Fsp3) is 0.571. The molecule has 0 radical (unpaired) electrons. The molecular weight excluding hydrogens is 276 g/mol. The predicted octanol–water partition coefficient (Wildman–Crippen LogP) is 1.76. The number of rotatable bonds is 6. The van der Waals surface area contributed by atoms with Crippen molar-refractivity contribution < 1.29 is 14.7 Å². The molecule has 20 heavy (non-hydrogen) atoms. The van der Waals surface area contributed by atoms with Crippen LogP contribution in [0.3, 0.4) is 0 Å². The molecule has 0 unspecified atom stereocenters. The molecule has 1 N–H and O–H groups in total. The van der Waals surface area contributed by atoms with E-state index in [1.807, 2.05) is 22.4 Å². The molecule has 6 heteroatoms. The first kappa shape index (κ1) is 15.0. The van der Waals surface area contributed by atoms with Crippen LogP contribution in [0.2, 0.25) is 0 Å². The van der Waals surface area contributed by atoms with Crippen LogP contribution in [-0.4, -0.2) is 59.5 Å². The van der Waals surface area contributed by atoms with Crippen molar-refractivity contribution in [2.45, 2.75) is 19.3 Å². The van der Waals surface area contributed by atoms with Crippen molar-refractivity contribution in [3.05, 3.63) is 22.4 Å². The number of aliphatic carboxylic acids is 1. The maximum Gasteiger partial charge on any atom is 0.303 e. The van der Waals surface area contributed by atoms with E-state index in [1.54, 1.807) is 0 Å². The number of carbonyl (C=O) groups excluding carboxylic acids is 1. The monoisotopic (exact) mass is 296 g/mol. The maximum absolute atomic E-state index is 12.2. The lowest BCUT2D eigenvalue weighted by Gasteiger charge is -2.34. The Kier molecular flexibility index (Phi) is 5.55. The number of unbranched alkanes of at least 4 members (excludes halogenated alkanes) is 1. The molecule has 2 rings (SSSR count). The molecule has 0 saturated carbocycles. The van der Waals surface area contributed by atoms with Gasteiger partial charge < -0.3 is 10.0 Å². The molecule has 2 heterocycles. The molecule has 1 aromatic heterocycles. The summed E-state index contributed by atoms with van der Waals surface area (Å²) in [5.41, 5.74) is 0. The van der Waals surface area contributed by atoms with Gasteiger partial charge in [0.2, 0.25) is 0 Å². The van der Waals surface area contributed by atoms with Crippen LogP contribution < -0.4 is 0 Å². The van der Waals surface area contributed by atoms with Crippen molar-refractivity contribution in [2.24, 2.45) is 0 Å². The van der Waals surface area contributed by atoms with Gasteiger partial charge in [0, 0.05) is 32.6 Å². The van der Waals surface area contributed by atoms with E-state index in [-0.39, 0.29) is 12.3 Å². The van der Waals surface area contributed by atoms with Crippen molar-refractivity contribution >= 4 is 23.2 Å². The first-order chi connectivity index (χ1) is 9.66. The molecular formula is C14H20N2O3S. The van der Waals surface area contributed by atoms with E-state index >= 15 is 0 Å². The number of amides is 1. The zero-order chi connectivity index (χ0) is 14.4. The summed E-state index contributed by atoms with van der Waals surface area (Å²) in [5, 5.41) is 10.5. The molecule has 0 aliphatic carbocycles. The normalized spacial score (nSPS) is 16.3. The van der Waals surface area contributed by atoms with Crippen LogP contribution in [0.25, 0.3) is 0 Å². The van der Waals surface area contributed by atoms with Crippen LogP contribution in [0.15, 0.2) is 17.5 Å². The lowest BCUT2D eigenvalue weighted by atomic mass is 10.2. The van der Waals surface area contributed by atoms with E-state index in [4.69, 9.17) is 5.11 Å². The van der Waals surface area contributed by atoms with Crippen molar-refractivity contribution in [3.63, 3.8) is 0 Å². The second-order valence-corrected chi connectivity index (χ2v) is 5.91. The summed E-state index contributed by atoms with van der Waals surface area (Å²) in [5.74, 6) is -0.595. The SMILES string of the molecule is O=C(O)CCCCN1CCN(C(=O)c2cccs2)CC1. The topological polar surface area (TPSA) is 60.9 Å². The molecule has 1 amide bonds. The number of carboxylic acid groups (broad SMARTS) is 1. The summed E-state index contributed by atoms with van der Waals surface area (Å²) in [6, 6.07) is 3.77. The minimum atomic E-state index is -0.726. The zero-order valence-electron chi connectivity index (χ0n) is 11.5. The van der Waals surface area contributed by atoms with Crippen LogP contribution in [-0.2, 0) is 4.79 Å². The maximum atomic E-state index is 12.2. The lowest BCUT2D eigenvalue weighted by molar-refractivity contribution is -0.137. The summed E-state index contributed by atoms with van der Waals surface area (Å²) in [4.78, 5) is 27.6. The van der Waals surface area contributed by atoms with Gasteiger partial charge in [0.1, 0.15) is 0 Å². The van der Waals surface area contributed by atoms with E-state index in [1.165, 1.54) is 11.3 Å². The minimum Gasteiger partial charge on any atom is -0.481 e. The Hall–Kier alpha value is -1.40. The van der Waals surface area contributed by atoms with E-state index in [0.29, 0.717) is 0 Å². The molecule has 1 aliphatic rings. The van der Waals surface area contributed by atoms with Crippen LogP contribution in [0.4, 0.5) is 0 Å². The first-order valence-electron chi connectivity index (χ1n) is 6.94. The van der Waals surface area contributed by atoms with Crippen molar-refractivity contribution in [1.82, 2.24) is 9.80 Å². The molecule has 5 nitrogen and oxygen atoms in total. The van der Waals surface area contributed by atoms with Crippen LogP contribution in [0.1, 0.15) is 28.9 Å². The quantitative estimate of drug-likeness (QED) is 0.813. The summed E-state index contributed by atoms with van der Waals surface area (Å²) in [6.45, 7) is 4.20. The standard InChI is InChI=1S/C14H20N2O3S/c17-13(18)5-1-2-6-15-7-9-16(10-8-15)14(19)12-4-3-11-20-12/h3-4,11H,1-2,5-10H2,(H,17,18). The number of hydrogen-bond donors (Lipinski definition) is 1. The number of piperazine rings is 1. The Morgan fingerprint density at radius 1 is 1.20 bits per heavy atom. The number of thiophene rings is 1. The summed E-state index contributed by atoms with van der Waals surface area (Å²) < 4.78 is 0. The lowest BCUT2D eigenvalue weighted by Crippen LogP contribution is -2.48. The van der Waals surface area contributed by atoms with E-state index in [0.717, 1.165) is 50.4 Å². The van der Waals surface area contributed by atoms with Gasteiger partial charge in [0.25, 0.3) is 5.91 Å². The van der Waals surface area contributed by atoms with Gasteiger partial charge in [-0.1, -0.05) is 6.07 Å². The Balaban J connectivity index is 1.67. The highest BCUT2D eigenvalue weighted by Gasteiger charge is 2.22. The van der Waals surface area contributed by atoms with Crippen molar-refractivity contribution in [2.75, 3.05) is 32.7 Å². The molecule has 1 aliphatic heterocycles. The van der Waals surface area contributed by atoms with E-state index in [9.17, 15) is 9.59 Å². The van der Waals surface area contributed by atoms with Gasteiger partial charge in [-0.2, -0.15) is 0 Å². The zero-order valence-corrected chi connectivity index (χ0v) is 12.3. The van der Waals surface area contributed by atoms with Gasteiger partial charge in [-0.3, -0.25) is 14.5 Å². The number of carbonyl (C=O) groups is 2. The highest BCUT2D eigenvalue weighted by molar-refractivity contribution is 7.12. The third kappa shape index (κ3) is 4.31. The average Bonchev–Trinajstić information content (AvgIpc) is 2.97. The van der Waals surface area contributed by atoms with Gasteiger partial charge in [0.15, 0.2) is 0 Å². The molecule has 0 atom stereocenters. The van der Waals surface area contributed by atoms with Gasteiger partial charge in [0.05, 0.1) is 4.88 Å². The fourth-order valence-electron chi connectivity index (χ4n) is 2.34. The minimum absolute atomic E-state index is 0.130. The van der Waals surface area contributed by atoms with Crippen LogP contribution in [0, 0.1) is 0 Å². The Bertz CT molecular complexity index is 439. The summed E-state index contributed by atoms with van der Waals surface area (Å²) in [6.07, 6.45) is 1.88. The second-order valence-electron chi connectivity index (χ2n) is 4.96. The highest BCUT2D eigenvalue weighted by atomic mass is 32.1. The Morgan fingerprint density at radius 3 is 2.55 bits per heavy atom. The molecule has 1 fully saturated rings. The second kappa shape index (κ2) is 7.40. The third-order valence-electron chi connectivity index (χ3n) is 3.51. The fourth-order valence-corrected chi connectivity index (χ4v) is 3.03. The smallest absolute Gasteiger partial charge is 0.303 e. The average molecular weight is 296 g/mol. The summed E-state index contributed by atoms with van der Waals surface area (Å²) in [7, 11) is 0. The van der Waals surface area contributed by atoms with Crippen LogP contribution in [0.5, 0.6) is 0 Å². The molecule has 0 spiro atoms. The van der Waals surface area contributed by atoms with Gasteiger partial charge >= 0.3 is 5.97 Å². The summed E-state index contributed by atoms with van der Waals surface area (Å²) >= 11 is 1.48. The Morgan fingerprint density at radius 2 is 1.95 bits per heavy atom. The number of hydrogen-bond acceptors (Lipinski definition) is 4. The molecule has 1 aromatic rings. The van der Waals surface area contributed by atoms with Crippen molar-refractivity contribution in [3.8, 4) is 0 Å². The Labute approximate surface area is 122 Å². The largest absolute Gasteiger partial charge is 0.481 e. The van der Waals surface area contributed by atoms with E-state index < -0.39 is 5.97 Å². The number of carboxylic acids is 1. The molecule has 0 aromatic carbocycles. The molecule has 0 bridgehead atoms. The highest BCUT2D eigenvalue weighted by Crippen LogP contribution is 2.14. The molecule has 110 valence electrons. The van der Waals surface area contributed by atoms with Gasteiger partial charge in [-0.15, -0.1) is 11.3 Å². The first-order valence-corrected chi connectivity index (χ1v) is 7.81. The van der Waals surface area contributed by atoms with Gasteiger partial charge in [-0.25, -0.2) is 0 Å².